The molecule has 0 aromatic carbocycles. The van der Waals surface area contributed by atoms with Gasteiger partial charge in [-0.15, -0.1) is 0 Å². The van der Waals surface area contributed by atoms with Crippen molar-refractivity contribution in [1.82, 2.24) is 9.88 Å². The Morgan fingerprint density at radius 1 is 1.48 bits per heavy atom. The monoisotopic (exact) mass is 377 g/mol. The number of anilines is 1. The molecule has 0 aliphatic carbocycles. The Kier molecular flexibility index (Phi) is 6.87. The van der Waals surface area contributed by atoms with Gasteiger partial charge in [0.2, 0.25) is 5.96 Å². The van der Waals surface area contributed by atoms with Crippen LogP contribution < -0.4 is 5.32 Å². The summed E-state index contributed by atoms with van der Waals surface area (Å²) in [5.74, 6) is 0.913. The van der Waals surface area contributed by atoms with Crippen LogP contribution in [-0.2, 0) is 17.7 Å². The molecule has 1 N–H and O–H groups in total. The first-order valence-corrected chi connectivity index (χ1v) is 9.14. The van der Waals surface area contributed by atoms with Crippen molar-refractivity contribution in [3.8, 4) is 0 Å². The number of carbonyl (C=O) groups excluding carboxylic acids is 1. The smallest absolute Gasteiger partial charge is 0.410 e. The second-order valence-corrected chi connectivity index (χ2v) is 7.33. The number of halogens is 1. The van der Waals surface area contributed by atoms with E-state index in [-0.39, 0.29) is 6.09 Å². The Morgan fingerprint density at radius 2 is 2.22 bits per heavy atom. The highest BCUT2D eigenvalue weighted by atomic mass is 19.1. The molecule has 0 saturated heterocycles. The fourth-order valence-corrected chi connectivity index (χ4v) is 2.52. The molecule has 1 amide bonds. The van der Waals surface area contributed by atoms with E-state index in [0.717, 1.165) is 11.3 Å². The molecular weight excluding hydrogens is 349 g/mol. The van der Waals surface area contributed by atoms with Crippen molar-refractivity contribution in [2.24, 2.45) is 9.98 Å². The molecule has 1 atom stereocenters. The average molecular weight is 377 g/mol. The first-order valence-electron chi connectivity index (χ1n) is 9.14. The summed E-state index contributed by atoms with van der Waals surface area (Å²) >= 11 is 0. The molecule has 2 rings (SSSR count). The van der Waals surface area contributed by atoms with E-state index in [1.54, 1.807) is 11.0 Å². The molecule has 7 nitrogen and oxygen atoms in total. The second-order valence-electron chi connectivity index (χ2n) is 7.33. The number of nitrogens with one attached hydrogen (secondary N) is 1. The van der Waals surface area contributed by atoms with E-state index >= 15 is 0 Å². The number of pyridine rings is 1. The Hall–Kier alpha value is -2.51. The van der Waals surface area contributed by atoms with Crippen LogP contribution in [0, 0.1) is 0 Å². The first kappa shape index (κ1) is 20.8. The fraction of sp³-hybridized carbons (Fsp3) is 0.579. The van der Waals surface area contributed by atoms with Gasteiger partial charge in [-0.1, -0.05) is 6.07 Å². The number of nitrogens with zero attached hydrogens (tertiary/aromatic N) is 4. The summed E-state index contributed by atoms with van der Waals surface area (Å²) in [6.45, 7) is 10.4. The minimum atomic E-state index is -1.15. The molecule has 1 aromatic rings. The molecule has 148 valence electrons. The van der Waals surface area contributed by atoms with E-state index in [0.29, 0.717) is 37.8 Å². The third-order valence-electron chi connectivity index (χ3n) is 3.65. The Labute approximate surface area is 159 Å². The van der Waals surface area contributed by atoms with E-state index in [2.05, 4.69) is 20.3 Å². The molecule has 0 bridgehead atoms. The van der Waals surface area contributed by atoms with Crippen LogP contribution in [0.1, 0.15) is 45.9 Å². The SMILES string of the molecule is CC/N=C(\N=C/C(C)F)Nc1ccc2c(n1)CCN(C(=O)OC(C)(C)C)C2. The van der Waals surface area contributed by atoms with Gasteiger partial charge >= 0.3 is 6.09 Å². The molecule has 1 unspecified atom stereocenters. The van der Waals surface area contributed by atoms with Crippen molar-refractivity contribution in [2.45, 2.75) is 59.4 Å². The standard InChI is InChI=1S/C19H28FN5O2/c1-6-21-17(22-11-13(2)20)24-16-8-7-14-12-25(10-9-15(14)23-16)18(26)27-19(3,4)5/h7-8,11,13H,6,9-10,12H2,1-5H3,(H,21,23,24)/b22-11-. The molecule has 1 aliphatic rings. The Balaban J connectivity index is 2.08. The molecule has 8 heteroatoms. The van der Waals surface area contributed by atoms with E-state index in [1.807, 2.05) is 33.8 Å². The zero-order chi connectivity index (χ0) is 20.0. The topological polar surface area (TPSA) is 79.2 Å². The lowest BCUT2D eigenvalue weighted by molar-refractivity contribution is 0.0223. The zero-order valence-electron chi connectivity index (χ0n) is 16.6. The molecule has 2 heterocycles. The fourth-order valence-electron chi connectivity index (χ4n) is 2.52. The maximum Gasteiger partial charge on any atom is 0.410 e. The van der Waals surface area contributed by atoms with Gasteiger partial charge in [-0.3, -0.25) is 4.99 Å². The van der Waals surface area contributed by atoms with Gasteiger partial charge in [-0.2, -0.15) is 0 Å². The third-order valence-corrected chi connectivity index (χ3v) is 3.65. The number of alkyl halides is 1. The van der Waals surface area contributed by atoms with Gasteiger partial charge in [-0.25, -0.2) is 19.2 Å². The molecule has 0 spiro atoms. The highest BCUT2D eigenvalue weighted by Gasteiger charge is 2.26. The van der Waals surface area contributed by atoms with Gasteiger partial charge in [0.1, 0.15) is 17.6 Å². The number of rotatable bonds is 3. The van der Waals surface area contributed by atoms with Crippen molar-refractivity contribution >= 4 is 24.1 Å². The Bertz CT molecular complexity index is 725. The van der Waals surface area contributed by atoms with Gasteiger partial charge < -0.3 is 15.0 Å². The number of aromatic nitrogens is 1. The number of fused-ring (bicyclic) bond motifs is 1. The van der Waals surface area contributed by atoms with Crippen molar-refractivity contribution in [3.05, 3.63) is 23.4 Å². The van der Waals surface area contributed by atoms with Gasteiger partial charge in [0.05, 0.1) is 6.54 Å². The number of hydrogen-bond donors (Lipinski definition) is 1. The summed E-state index contributed by atoms with van der Waals surface area (Å²) in [6.07, 6.45) is 0.361. The Morgan fingerprint density at radius 3 is 2.85 bits per heavy atom. The van der Waals surface area contributed by atoms with E-state index in [1.165, 1.54) is 13.1 Å². The summed E-state index contributed by atoms with van der Waals surface area (Å²) in [6, 6.07) is 3.73. The summed E-state index contributed by atoms with van der Waals surface area (Å²) in [5, 5.41) is 3.02. The van der Waals surface area contributed by atoms with E-state index in [9.17, 15) is 9.18 Å². The molecular formula is C19H28FN5O2. The van der Waals surface area contributed by atoms with E-state index < -0.39 is 11.8 Å². The third kappa shape index (κ3) is 6.62. The maximum absolute atomic E-state index is 13.0. The maximum atomic E-state index is 13.0. The normalized spacial score (nSPS) is 16.2. The second kappa shape index (κ2) is 8.92. The first-order chi connectivity index (χ1) is 12.7. The molecule has 0 radical (unpaired) electrons. The van der Waals surface area contributed by atoms with Crippen LogP contribution in [0.25, 0.3) is 0 Å². The van der Waals surface area contributed by atoms with Crippen LogP contribution in [0.3, 0.4) is 0 Å². The number of aliphatic imine (C=N–C) groups is 2. The average Bonchev–Trinajstić information content (AvgIpc) is 2.58. The minimum absolute atomic E-state index is 0.317. The number of guanidine groups is 1. The zero-order valence-corrected chi connectivity index (χ0v) is 16.6. The van der Waals surface area contributed by atoms with E-state index in [4.69, 9.17) is 4.74 Å². The number of ether oxygens (including phenoxy) is 1. The molecule has 0 saturated carbocycles. The van der Waals surface area contributed by atoms with Crippen LogP contribution in [-0.4, -0.2) is 53.0 Å². The van der Waals surface area contributed by atoms with Crippen molar-refractivity contribution in [2.75, 3.05) is 18.4 Å². The quantitative estimate of drug-likeness (QED) is 0.645. The van der Waals surface area contributed by atoms with Crippen LogP contribution in [0.4, 0.5) is 15.0 Å². The molecule has 1 aliphatic heterocycles. The molecule has 1 aromatic heterocycles. The summed E-state index contributed by atoms with van der Waals surface area (Å²) in [4.78, 5) is 26.7. The number of amides is 1. The number of carbonyl (C=O) groups is 1. The predicted octanol–water partition coefficient (Wildman–Crippen LogP) is 3.59. The molecule has 27 heavy (non-hydrogen) atoms. The summed E-state index contributed by atoms with van der Waals surface area (Å²) < 4.78 is 18.4. The minimum Gasteiger partial charge on any atom is -0.444 e. The van der Waals surface area contributed by atoms with Crippen LogP contribution >= 0.6 is 0 Å². The predicted molar refractivity (Wildman–Crippen MR) is 105 cm³/mol. The summed E-state index contributed by atoms with van der Waals surface area (Å²) in [5.41, 5.74) is 1.38. The van der Waals surface area contributed by atoms with Gasteiger partial charge in [0.15, 0.2) is 0 Å². The lowest BCUT2D eigenvalue weighted by Gasteiger charge is -2.30. The molecule has 0 fully saturated rings. The van der Waals surface area contributed by atoms with Crippen molar-refractivity contribution in [1.29, 1.82) is 0 Å². The van der Waals surface area contributed by atoms with Crippen molar-refractivity contribution in [3.63, 3.8) is 0 Å². The highest BCUT2D eigenvalue weighted by molar-refractivity contribution is 5.98. The lowest BCUT2D eigenvalue weighted by Crippen LogP contribution is -2.40. The van der Waals surface area contributed by atoms with Gasteiger partial charge in [0, 0.05) is 31.4 Å². The van der Waals surface area contributed by atoms with Crippen LogP contribution in [0.15, 0.2) is 22.1 Å². The van der Waals surface area contributed by atoms with Gasteiger partial charge in [0.25, 0.3) is 0 Å². The van der Waals surface area contributed by atoms with Crippen molar-refractivity contribution < 1.29 is 13.9 Å². The lowest BCUT2D eigenvalue weighted by atomic mass is 10.1. The summed E-state index contributed by atoms with van der Waals surface area (Å²) in [7, 11) is 0. The number of hydrogen-bond acceptors (Lipinski definition) is 4. The van der Waals surface area contributed by atoms with Gasteiger partial charge in [-0.05, 0) is 46.2 Å². The highest BCUT2D eigenvalue weighted by Crippen LogP contribution is 2.21. The largest absolute Gasteiger partial charge is 0.444 e. The van der Waals surface area contributed by atoms with Crippen LogP contribution in [0.5, 0.6) is 0 Å². The van der Waals surface area contributed by atoms with Crippen LogP contribution in [0.2, 0.25) is 0 Å².